The first kappa shape index (κ1) is 13.4. The van der Waals surface area contributed by atoms with Gasteiger partial charge in [-0.15, -0.1) is 0 Å². The van der Waals surface area contributed by atoms with E-state index in [1.807, 2.05) is 24.7 Å². The van der Waals surface area contributed by atoms with Gasteiger partial charge in [-0.1, -0.05) is 6.92 Å². The molecule has 0 aliphatic carbocycles. The molecular weight excluding hydrogens is 294 g/mol. The molecule has 0 spiro atoms. The monoisotopic (exact) mass is 311 g/mol. The van der Waals surface area contributed by atoms with Crippen molar-refractivity contribution in [2.24, 2.45) is 7.05 Å². The van der Waals surface area contributed by atoms with E-state index in [2.05, 4.69) is 33.3 Å². The molecule has 0 aliphatic rings. The minimum atomic E-state index is 0.250. The van der Waals surface area contributed by atoms with E-state index in [9.17, 15) is 0 Å². The molecule has 1 unspecified atom stereocenters. The fraction of sp³-hybridized carbons (Fsp3) is 0.462. The van der Waals surface area contributed by atoms with Gasteiger partial charge in [0.05, 0.1) is 28.4 Å². The predicted octanol–water partition coefficient (Wildman–Crippen LogP) is 2.98. The molecule has 2 aromatic heterocycles. The summed E-state index contributed by atoms with van der Waals surface area (Å²) in [5, 5.41) is 7.90. The van der Waals surface area contributed by atoms with Gasteiger partial charge >= 0.3 is 0 Å². The Labute approximate surface area is 115 Å². The van der Waals surface area contributed by atoms with Crippen LogP contribution in [0.3, 0.4) is 0 Å². The first-order chi connectivity index (χ1) is 8.63. The number of aromatic nitrogens is 2. The molecule has 2 rings (SSSR count). The minimum absolute atomic E-state index is 0.250. The fourth-order valence-corrected chi connectivity index (χ4v) is 2.62. The van der Waals surface area contributed by atoms with Gasteiger partial charge < -0.3 is 9.73 Å². The van der Waals surface area contributed by atoms with Crippen molar-refractivity contribution in [3.05, 3.63) is 40.0 Å². The Morgan fingerprint density at radius 2 is 2.33 bits per heavy atom. The van der Waals surface area contributed by atoms with Crippen molar-refractivity contribution in [2.75, 3.05) is 6.54 Å². The molecule has 0 radical (unpaired) electrons. The molecule has 0 aliphatic heterocycles. The summed E-state index contributed by atoms with van der Waals surface area (Å²) >= 11 is 3.61. The molecule has 2 aromatic rings. The quantitative estimate of drug-likeness (QED) is 0.923. The van der Waals surface area contributed by atoms with Crippen LogP contribution in [0.1, 0.15) is 29.9 Å². The van der Waals surface area contributed by atoms with Crippen LogP contribution >= 0.6 is 15.9 Å². The van der Waals surface area contributed by atoms with E-state index in [1.165, 1.54) is 11.3 Å². The molecule has 0 bridgehead atoms. The Kier molecular flexibility index (Phi) is 4.24. The molecule has 1 N–H and O–H groups in total. The van der Waals surface area contributed by atoms with Crippen LogP contribution in [0.15, 0.2) is 27.5 Å². The third-order valence-electron chi connectivity index (χ3n) is 3.06. The van der Waals surface area contributed by atoms with E-state index in [0.717, 1.165) is 23.1 Å². The predicted molar refractivity (Wildman–Crippen MR) is 74.5 cm³/mol. The van der Waals surface area contributed by atoms with Gasteiger partial charge in [-0.05, 0) is 35.5 Å². The maximum absolute atomic E-state index is 5.17. The van der Waals surface area contributed by atoms with Crippen LogP contribution in [0.25, 0.3) is 0 Å². The van der Waals surface area contributed by atoms with Gasteiger partial charge in [-0.2, -0.15) is 5.10 Å². The summed E-state index contributed by atoms with van der Waals surface area (Å²) in [6, 6.07) is 2.25. The van der Waals surface area contributed by atoms with Crippen LogP contribution < -0.4 is 5.32 Å². The Morgan fingerprint density at radius 3 is 2.83 bits per heavy atom. The highest BCUT2D eigenvalue weighted by Gasteiger charge is 2.18. The summed E-state index contributed by atoms with van der Waals surface area (Å²) in [5.74, 6) is 0. The molecule has 98 valence electrons. The molecular formula is C13H18BrN3O. The molecule has 0 amide bonds. The molecule has 0 fully saturated rings. The van der Waals surface area contributed by atoms with Crippen molar-refractivity contribution in [3.8, 4) is 0 Å². The maximum Gasteiger partial charge on any atom is 0.0950 e. The highest BCUT2D eigenvalue weighted by Crippen LogP contribution is 2.26. The molecule has 18 heavy (non-hydrogen) atoms. The van der Waals surface area contributed by atoms with Gasteiger partial charge in [0.25, 0.3) is 0 Å². The smallest absolute Gasteiger partial charge is 0.0950 e. The third kappa shape index (κ3) is 2.67. The van der Waals surface area contributed by atoms with Gasteiger partial charge in [-0.25, -0.2) is 0 Å². The Hall–Kier alpha value is -1.07. The zero-order valence-corrected chi connectivity index (χ0v) is 12.5. The van der Waals surface area contributed by atoms with Gasteiger partial charge in [0.15, 0.2) is 0 Å². The van der Waals surface area contributed by atoms with E-state index < -0.39 is 0 Å². The Morgan fingerprint density at radius 1 is 1.56 bits per heavy atom. The van der Waals surface area contributed by atoms with Gasteiger partial charge in [0, 0.05) is 25.1 Å². The number of aryl methyl sites for hydroxylation is 2. The number of likely N-dealkylation sites (N-methyl/N-ethyl adjacent to an activating group) is 1. The summed E-state index contributed by atoms with van der Waals surface area (Å²) in [6.45, 7) is 5.04. The summed E-state index contributed by atoms with van der Waals surface area (Å²) < 4.78 is 8.20. The van der Waals surface area contributed by atoms with Crippen molar-refractivity contribution in [1.29, 1.82) is 0 Å². The minimum Gasteiger partial charge on any atom is -0.472 e. The first-order valence-electron chi connectivity index (χ1n) is 6.07. The topological polar surface area (TPSA) is 43.0 Å². The zero-order valence-electron chi connectivity index (χ0n) is 10.9. The average molecular weight is 312 g/mol. The lowest BCUT2D eigenvalue weighted by atomic mass is 10.0. The molecule has 0 saturated heterocycles. The molecule has 0 aromatic carbocycles. The van der Waals surface area contributed by atoms with E-state index in [4.69, 9.17) is 4.42 Å². The van der Waals surface area contributed by atoms with Crippen molar-refractivity contribution in [3.63, 3.8) is 0 Å². The van der Waals surface area contributed by atoms with Gasteiger partial charge in [0.2, 0.25) is 0 Å². The zero-order chi connectivity index (χ0) is 13.1. The van der Waals surface area contributed by atoms with Crippen LogP contribution in [0.2, 0.25) is 0 Å². The fourth-order valence-electron chi connectivity index (χ4n) is 2.12. The second-order valence-corrected chi connectivity index (χ2v) is 5.13. The summed E-state index contributed by atoms with van der Waals surface area (Å²) in [7, 11) is 1.98. The molecule has 2 heterocycles. The van der Waals surface area contributed by atoms with Crippen molar-refractivity contribution in [1.82, 2.24) is 15.1 Å². The summed E-state index contributed by atoms with van der Waals surface area (Å²) in [6.07, 6.45) is 4.39. The third-order valence-corrected chi connectivity index (χ3v) is 4.09. The first-order valence-corrected chi connectivity index (χ1v) is 6.86. The number of halogens is 1. The Balaban J connectivity index is 2.24. The van der Waals surface area contributed by atoms with Crippen molar-refractivity contribution < 1.29 is 4.42 Å². The van der Waals surface area contributed by atoms with Crippen LogP contribution in [-0.2, 0) is 13.5 Å². The molecule has 0 saturated carbocycles. The number of furan rings is 1. The lowest BCUT2D eigenvalue weighted by Crippen LogP contribution is -2.23. The normalized spacial score (nSPS) is 12.9. The van der Waals surface area contributed by atoms with Crippen LogP contribution in [-0.4, -0.2) is 16.3 Å². The van der Waals surface area contributed by atoms with Crippen molar-refractivity contribution >= 4 is 15.9 Å². The van der Waals surface area contributed by atoms with E-state index in [1.54, 1.807) is 12.5 Å². The Bertz CT molecular complexity index is 505. The van der Waals surface area contributed by atoms with Crippen LogP contribution in [0.4, 0.5) is 0 Å². The van der Waals surface area contributed by atoms with Gasteiger partial charge in [0.1, 0.15) is 0 Å². The standard InChI is InChI=1S/C13H18BrN3O/c1-4-15-11(10-5-6-18-8-10)7-12-13(14)9(2)16-17(12)3/h5-6,8,11,15H,4,7H2,1-3H3. The maximum atomic E-state index is 5.17. The van der Waals surface area contributed by atoms with E-state index in [0.29, 0.717) is 0 Å². The van der Waals surface area contributed by atoms with Crippen LogP contribution in [0, 0.1) is 6.92 Å². The van der Waals surface area contributed by atoms with Gasteiger partial charge in [-0.3, -0.25) is 4.68 Å². The van der Waals surface area contributed by atoms with Crippen LogP contribution in [0.5, 0.6) is 0 Å². The molecule has 4 nitrogen and oxygen atoms in total. The molecule has 1 atom stereocenters. The van der Waals surface area contributed by atoms with Crippen molar-refractivity contribution in [2.45, 2.75) is 26.3 Å². The average Bonchev–Trinajstić information content (AvgIpc) is 2.93. The lowest BCUT2D eigenvalue weighted by Gasteiger charge is -2.16. The highest BCUT2D eigenvalue weighted by atomic mass is 79.9. The SMILES string of the molecule is CCNC(Cc1c(Br)c(C)nn1C)c1ccoc1. The summed E-state index contributed by atoms with van der Waals surface area (Å²) in [5.41, 5.74) is 3.39. The number of hydrogen-bond acceptors (Lipinski definition) is 3. The number of nitrogens with one attached hydrogen (secondary N) is 1. The lowest BCUT2D eigenvalue weighted by molar-refractivity contribution is 0.511. The summed E-state index contributed by atoms with van der Waals surface area (Å²) in [4.78, 5) is 0. The number of nitrogens with zero attached hydrogens (tertiary/aromatic N) is 2. The molecule has 5 heteroatoms. The second-order valence-electron chi connectivity index (χ2n) is 4.34. The highest BCUT2D eigenvalue weighted by molar-refractivity contribution is 9.10. The number of rotatable bonds is 5. The van der Waals surface area contributed by atoms with E-state index >= 15 is 0 Å². The largest absolute Gasteiger partial charge is 0.472 e. The van der Waals surface area contributed by atoms with E-state index in [-0.39, 0.29) is 6.04 Å². The number of hydrogen-bond donors (Lipinski definition) is 1. The second kappa shape index (κ2) is 5.71.